The SMILES string of the molecule is CCCC1CCC(Nc2ccc(C(=O)O)cn2)CC1. The topological polar surface area (TPSA) is 62.2 Å². The molecule has 0 atom stereocenters. The van der Waals surface area contributed by atoms with Gasteiger partial charge in [-0.1, -0.05) is 19.8 Å². The van der Waals surface area contributed by atoms with Crippen molar-refractivity contribution < 1.29 is 9.90 Å². The predicted octanol–water partition coefficient (Wildman–Crippen LogP) is 3.55. The molecular weight excluding hydrogens is 240 g/mol. The number of nitrogens with zero attached hydrogens (tertiary/aromatic N) is 1. The minimum atomic E-state index is -0.931. The molecule has 1 heterocycles. The van der Waals surface area contributed by atoms with Gasteiger partial charge in [0.1, 0.15) is 5.82 Å². The zero-order valence-corrected chi connectivity index (χ0v) is 11.4. The minimum Gasteiger partial charge on any atom is -0.478 e. The van der Waals surface area contributed by atoms with Crippen molar-refractivity contribution in [3.8, 4) is 0 Å². The summed E-state index contributed by atoms with van der Waals surface area (Å²) >= 11 is 0. The Labute approximate surface area is 114 Å². The minimum absolute atomic E-state index is 0.234. The van der Waals surface area contributed by atoms with E-state index in [2.05, 4.69) is 17.2 Å². The van der Waals surface area contributed by atoms with Gasteiger partial charge in [0.05, 0.1) is 5.56 Å². The molecule has 19 heavy (non-hydrogen) atoms. The Balaban J connectivity index is 1.83. The number of hydrogen-bond donors (Lipinski definition) is 2. The normalized spacial score (nSPS) is 23.0. The van der Waals surface area contributed by atoms with Crippen LogP contribution in [-0.2, 0) is 0 Å². The lowest BCUT2D eigenvalue weighted by Gasteiger charge is -2.29. The third-order valence-corrected chi connectivity index (χ3v) is 3.91. The van der Waals surface area contributed by atoms with Crippen molar-refractivity contribution in [1.82, 2.24) is 4.98 Å². The molecule has 4 heteroatoms. The van der Waals surface area contributed by atoms with Crippen molar-refractivity contribution in [3.05, 3.63) is 23.9 Å². The molecule has 1 aliphatic rings. The van der Waals surface area contributed by atoms with Gasteiger partial charge in [-0.3, -0.25) is 0 Å². The number of aromatic carboxylic acids is 1. The molecule has 1 aromatic rings. The van der Waals surface area contributed by atoms with Gasteiger partial charge in [0.2, 0.25) is 0 Å². The molecular formula is C15H22N2O2. The van der Waals surface area contributed by atoms with Crippen LogP contribution in [0.15, 0.2) is 18.3 Å². The van der Waals surface area contributed by atoms with E-state index in [9.17, 15) is 4.79 Å². The highest BCUT2D eigenvalue weighted by Gasteiger charge is 2.20. The Hall–Kier alpha value is -1.58. The van der Waals surface area contributed by atoms with Gasteiger partial charge in [0.25, 0.3) is 0 Å². The molecule has 4 nitrogen and oxygen atoms in total. The summed E-state index contributed by atoms with van der Waals surface area (Å²) in [5.41, 5.74) is 0.234. The molecule has 0 unspecified atom stereocenters. The largest absolute Gasteiger partial charge is 0.478 e. The van der Waals surface area contributed by atoms with Crippen molar-refractivity contribution in [3.63, 3.8) is 0 Å². The highest BCUT2D eigenvalue weighted by Crippen LogP contribution is 2.29. The predicted molar refractivity (Wildman–Crippen MR) is 75.5 cm³/mol. The van der Waals surface area contributed by atoms with Gasteiger partial charge in [-0.25, -0.2) is 9.78 Å². The number of nitrogens with one attached hydrogen (secondary N) is 1. The molecule has 0 aliphatic heterocycles. The van der Waals surface area contributed by atoms with Crippen LogP contribution in [0.1, 0.15) is 55.8 Å². The Kier molecular flexibility index (Phi) is 4.77. The summed E-state index contributed by atoms with van der Waals surface area (Å²) < 4.78 is 0. The second-order valence-electron chi connectivity index (χ2n) is 5.39. The van der Waals surface area contributed by atoms with Crippen molar-refractivity contribution in [2.45, 2.75) is 51.5 Å². The molecule has 2 N–H and O–H groups in total. The van der Waals surface area contributed by atoms with Gasteiger partial charge in [-0.15, -0.1) is 0 Å². The third-order valence-electron chi connectivity index (χ3n) is 3.91. The Morgan fingerprint density at radius 2 is 2.11 bits per heavy atom. The zero-order chi connectivity index (χ0) is 13.7. The van der Waals surface area contributed by atoms with Gasteiger partial charge in [0.15, 0.2) is 0 Å². The van der Waals surface area contributed by atoms with E-state index in [1.165, 1.54) is 44.7 Å². The molecule has 1 fully saturated rings. The fourth-order valence-corrected chi connectivity index (χ4v) is 2.82. The molecule has 0 spiro atoms. The quantitative estimate of drug-likeness (QED) is 0.851. The monoisotopic (exact) mass is 262 g/mol. The summed E-state index contributed by atoms with van der Waals surface area (Å²) in [5.74, 6) is 0.744. The molecule has 104 valence electrons. The molecule has 0 amide bonds. The maximum atomic E-state index is 10.7. The van der Waals surface area contributed by atoms with Gasteiger partial charge in [-0.2, -0.15) is 0 Å². The Morgan fingerprint density at radius 1 is 1.37 bits per heavy atom. The van der Waals surface area contributed by atoms with Gasteiger partial charge in [0, 0.05) is 12.2 Å². The maximum Gasteiger partial charge on any atom is 0.337 e. The van der Waals surface area contributed by atoms with Crippen molar-refractivity contribution >= 4 is 11.8 Å². The average molecular weight is 262 g/mol. The summed E-state index contributed by atoms with van der Waals surface area (Å²) in [4.78, 5) is 14.9. The number of anilines is 1. The molecule has 0 aromatic carbocycles. The van der Waals surface area contributed by atoms with E-state index in [1.807, 2.05) is 0 Å². The smallest absolute Gasteiger partial charge is 0.337 e. The Morgan fingerprint density at radius 3 is 2.63 bits per heavy atom. The van der Waals surface area contributed by atoms with Crippen molar-refractivity contribution in [1.29, 1.82) is 0 Å². The first kappa shape index (κ1) is 13.8. The summed E-state index contributed by atoms with van der Waals surface area (Å²) in [6.45, 7) is 2.25. The first-order valence-corrected chi connectivity index (χ1v) is 7.15. The van der Waals surface area contributed by atoms with E-state index < -0.39 is 5.97 Å². The van der Waals surface area contributed by atoms with Crippen LogP contribution in [0, 0.1) is 5.92 Å². The zero-order valence-electron chi connectivity index (χ0n) is 11.4. The molecule has 0 saturated heterocycles. The number of hydrogen-bond acceptors (Lipinski definition) is 3. The lowest BCUT2D eigenvalue weighted by atomic mass is 9.83. The second-order valence-corrected chi connectivity index (χ2v) is 5.39. The molecule has 2 rings (SSSR count). The van der Waals surface area contributed by atoms with E-state index in [0.29, 0.717) is 6.04 Å². The summed E-state index contributed by atoms with van der Waals surface area (Å²) in [7, 11) is 0. The average Bonchev–Trinajstić information content (AvgIpc) is 2.42. The summed E-state index contributed by atoms with van der Waals surface area (Å²) in [6.07, 6.45) is 8.99. The molecule has 1 aromatic heterocycles. The summed E-state index contributed by atoms with van der Waals surface area (Å²) in [5, 5.41) is 12.2. The third kappa shape index (κ3) is 3.94. The van der Waals surface area contributed by atoms with Crippen LogP contribution in [0.5, 0.6) is 0 Å². The maximum absolute atomic E-state index is 10.7. The van der Waals surface area contributed by atoms with Crippen LogP contribution in [0.3, 0.4) is 0 Å². The van der Waals surface area contributed by atoms with E-state index in [4.69, 9.17) is 5.11 Å². The van der Waals surface area contributed by atoms with Crippen LogP contribution >= 0.6 is 0 Å². The molecule has 1 saturated carbocycles. The highest BCUT2D eigenvalue weighted by atomic mass is 16.4. The Bertz CT molecular complexity index is 409. The number of carboxylic acids is 1. The van der Waals surface area contributed by atoms with E-state index in [0.717, 1.165) is 11.7 Å². The van der Waals surface area contributed by atoms with Crippen LogP contribution in [-0.4, -0.2) is 22.1 Å². The highest BCUT2D eigenvalue weighted by molar-refractivity contribution is 5.87. The van der Waals surface area contributed by atoms with Crippen LogP contribution < -0.4 is 5.32 Å². The van der Waals surface area contributed by atoms with Crippen molar-refractivity contribution in [2.24, 2.45) is 5.92 Å². The van der Waals surface area contributed by atoms with Gasteiger partial charge >= 0.3 is 5.97 Å². The van der Waals surface area contributed by atoms with E-state index in [-0.39, 0.29) is 5.56 Å². The number of aromatic nitrogens is 1. The van der Waals surface area contributed by atoms with E-state index >= 15 is 0 Å². The van der Waals surface area contributed by atoms with E-state index in [1.54, 1.807) is 12.1 Å². The lowest BCUT2D eigenvalue weighted by Crippen LogP contribution is -2.26. The van der Waals surface area contributed by atoms with Crippen LogP contribution in [0.4, 0.5) is 5.82 Å². The van der Waals surface area contributed by atoms with Crippen LogP contribution in [0.25, 0.3) is 0 Å². The standard InChI is InChI=1S/C15H22N2O2/c1-2-3-11-4-7-13(8-5-11)17-14-9-6-12(10-16-14)15(18)19/h6,9-11,13H,2-5,7-8H2,1H3,(H,16,17)(H,18,19). The summed E-state index contributed by atoms with van der Waals surface area (Å²) in [6, 6.07) is 3.83. The van der Waals surface area contributed by atoms with Crippen LogP contribution in [0.2, 0.25) is 0 Å². The second kappa shape index (κ2) is 6.55. The fourth-order valence-electron chi connectivity index (χ4n) is 2.82. The molecule has 1 aliphatic carbocycles. The van der Waals surface area contributed by atoms with Crippen molar-refractivity contribution in [2.75, 3.05) is 5.32 Å². The number of carbonyl (C=O) groups is 1. The first-order valence-electron chi connectivity index (χ1n) is 7.15. The first-order chi connectivity index (χ1) is 9.19. The number of carboxylic acid groups (broad SMARTS) is 1. The van der Waals surface area contributed by atoms with Gasteiger partial charge < -0.3 is 10.4 Å². The fraction of sp³-hybridized carbons (Fsp3) is 0.600. The number of rotatable bonds is 5. The lowest BCUT2D eigenvalue weighted by molar-refractivity contribution is 0.0696. The molecule has 0 bridgehead atoms. The number of pyridine rings is 1. The molecule has 0 radical (unpaired) electrons. The van der Waals surface area contributed by atoms with Gasteiger partial charge in [-0.05, 0) is 43.7 Å².